The van der Waals surface area contributed by atoms with Gasteiger partial charge >= 0.3 is 6.03 Å². The molecule has 0 saturated carbocycles. The van der Waals surface area contributed by atoms with Crippen LogP contribution in [0.15, 0.2) is 41.8 Å². The molecule has 0 aliphatic heterocycles. The second kappa shape index (κ2) is 9.34. The summed E-state index contributed by atoms with van der Waals surface area (Å²) in [6.45, 7) is 4.45. The predicted molar refractivity (Wildman–Crippen MR) is 102 cm³/mol. The monoisotopic (exact) mass is 359 g/mol. The minimum atomic E-state index is -0.502. The van der Waals surface area contributed by atoms with Gasteiger partial charge in [0.05, 0.1) is 12.6 Å². The second-order valence-corrected chi connectivity index (χ2v) is 6.91. The Morgan fingerprint density at radius 2 is 1.80 bits per heavy atom. The van der Waals surface area contributed by atoms with Gasteiger partial charge in [-0.25, -0.2) is 4.79 Å². The van der Waals surface area contributed by atoms with Gasteiger partial charge in [0.25, 0.3) is 0 Å². The molecule has 0 spiro atoms. The van der Waals surface area contributed by atoms with Crippen LogP contribution in [0.3, 0.4) is 0 Å². The van der Waals surface area contributed by atoms with Crippen LogP contribution in [-0.4, -0.2) is 25.5 Å². The lowest BCUT2D eigenvalue weighted by Gasteiger charge is -2.19. The maximum atomic E-state index is 11.9. The van der Waals surface area contributed by atoms with E-state index in [1.165, 1.54) is 12.6 Å². The zero-order valence-corrected chi connectivity index (χ0v) is 15.7. The maximum Gasteiger partial charge on any atom is 0.321 e. The van der Waals surface area contributed by atoms with Crippen LogP contribution in [0.5, 0.6) is 0 Å². The highest BCUT2D eigenvalue weighted by atomic mass is 32.1. The number of carbonyl (C=O) groups excluding carboxylic acids is 2. The third-order valence-electron chi connectivity index (χ3n) is 4.23. The van der Waals surface area contributed by atoms with Crippen molar-refractivity contribution < 1.29 is 9.59 Å². The van der Waals surface area contributed by atoms with Crippen LogP contribution in [0.25, 0.3) is 0 Å². The largest absolute Gasteiger partial charge is 0.341 e. The van der Waals surface area contributed by atoms with E-state index >= 15 is 0 Å². The summed E-state index contributed by atoms with van der Waals surface area (Å²) in [4.78, 5) is 24.2. The van der Waals surface area contributed by atoms with Crippen LogP contribution in [0.1, 0.15) is 48.2 Å². The lowest BCUT2D eigenvalue weighted by atomic mass is 9.95. The summed E-state index contributed by atoms with van der Waals surface area (Å²) in [5.74, 6) is 0.165. The van der Waals surface area contributed by atoms with Gasteiger partial charge in [-0.2, -0.15) is 0 Å². The lowest BCUT2D eigenvalue weighted by molar-refractivity contribution is -0.119. The highest BCUT2D eigenvalue weighted by Crippen LogP contribution is 2.27. The molecule has 2 atom stereocenters. The Labute approximate surface area is 152 Å². The molecule has 1 heterocycles. The number of carbonyl (C=O) groups is 2. The van der Waals surface area contributed by atoms with Crippen molar-refractivity contribution in [3.63, 3.8) is 0 Å². The Kier molecular flexibility index (Phi) is 7.16. The summed E-state index contributed by atoms with van der Waals surface area (Å²) < 4.78 is 0. The third-order valence-corrected chi connectivity index (χ3v) is 5.16. The van der Waals surface area contributed by atoms with Crippen molar-refractivity contribution in [3.05, 3.63) is 57.8 Å². The van der Waals surface area contributed by atoms with E-state index in [-0.39, 0.29) is 18.5 Å². The highest BCUT2D eigenvalue weighted by molar-refractivity contribution is 7.10. The maximum absolute atomic E-state index is 11.9. The first-order valence-electron chi connectivity index (χ1n) is 8.43. The third kappa shape index (κ3) is 5.41. The summed E-state index contributed by atoms with van der Waals surface area (Å²) in [6, 6.07) is 12.0. The van der Waals surface area contributed by atoms with E-state index in [2.05, 4.69) is 54.1 Å². The van der Waals surface area contributed by atoms with Crippen LogP contribution in [0.2, 0.25) is 0 Å². The number of urea groups is 1. The smallest absolute Gasteiger partial charge is 0.321 e. The van der Waals surface area contributed by atoms with Gasteiger partial charge in [0.2, 0.25) is 5.91 Å². The minimum absolute atomic E-state index is 0.0586. The normalized spacial score (nSPS) is 13.1. The first-order valence-corrected chi connectivity index (χ1v) is 9.31. The molecule has 5 nitrogen and oxygen atoms in total. The first-order chi connectivity index (χ1) is 12.0. The standard InChI is InChI=1S/C19H25N3O2S/c1-4-13(2)14-7-9-15(10-8-14)18(16-6-5-11-25-16)21-12-17(23)22-19(24)20-3/h5-11,13,18,21H,4,12H2,1-3H3,(H2,20,22,23,24)/t13-,18+/m0/s1. The molecule has 0 unspecified atom stereocenters. The Bertz CT molecular complexity index is 683. The van der Waals surface area contributed by atoms with Crippen molar-refractivity contribution >= 4 is 23.3 Å². The van der Waals surface area contributed by atoms with Crippen molar-refractivity contribution in [2.45, 2.75) is 32.2 Å². The fourth-order valence-corrected chi connectivity index (χ4v) is 3.35. The number of imide groups is 1. The Morgan fingerprint density at radius 3 is 2.36 bits per heavy atom. The number of rotatable bonds is 7. The Hall–Kier alpha value is -2.18. The highest BCUT2D eigenvalue weighted by Gasteiger charge is 2.17. The molecule has 0 aliphatic carbocycles. The molecular weight excluding hydrogens is 334 g/mol. The minimum Gasteiger partial charge on any atom is -0.341 e. The molecule has 3 amide bonds. The molecule has 2 aromatic rings. The fraction of sp³-hybridized carbons (Fsp3) is 0.368. The van der Waals surface area contributed by atoms with Gasteiger partial charge < -0.3 is 5.32 Å². The van der Waals surface area contributed by atoms with Gasteiger partial charge in [0.15, 0.2) is 0 Å². The lowest BCUT2D eigenvalue weighted by Crippen LogP contribution is -2.42. The van der Waals surface area contributed by atoms with Crippen molar-refractivity contribution in [2.75, 3.05) is 13.6 Å². The predicted octanol–water partition coefficient (Wildman–Crippen LogP) is 3.40. The van der Waals surface area contributed by atoms with Gasteiger partial charge in [-0.05, 0) is 34.9 Å². The van der Waals surface area contributed by atoms with Gasteiger partial charge in [0.1, 0.15) is 0 Å². The van der Waals surface area contributed by atoms with Crippen molar-refractivity contribution in [2.24, 2.45) is 0 Å². The number of amides is 3. The number of thiophene rings is 1. The molecule has 0 bridgehead atoms. The van der Waals surface area contributed by atoms with Crippen molar-refractivity contribution in [1.82, 2.24) is 16.0 Å². The summed E-state index contributed by atoms with van der Waals surface area (Å²) in [7, 11) is 1.48. The Morgan fingerprint density at radius 1 is 1.12 bits per heavy atom. The molecule has 1 aromatic heterocycles. The molecule has 134 valence electrons. The average Bonchev–Trinajstić information content (AvgIpc) is 3.16. The fourth-order valence-electron chi connectivity index (χ4n) is 2.52. The zero-order chi connectivity index (χ0) is 18.2. The SMILES string of the molecule is CC[C@H](C)c1ccc([C@@H](NCC(=O)NC(=O)NC)c2cccs2)cc1. The summed E-state index contributed by atoms with van der Waals surface area (Å²) in [6.07, 6.45) is 1.10. The number of hydrogen-bond acceptors (Lipinski definition) is 4. The topological polar surface area (TPSA) is 70.2 Å². The van der Waals surface area contributed by atoms with Crippen LogP contribution in [-0.2, 0) is 4.79 Å². The molecule has 1 aromatic carbocycles. The van der Waals surface area contributed by atoms with Gasteiger partial charge in [-0.15, -0.1) is 11.3 Å². The van der Waals surface area contributed by atoms with E-state index < -0.39 is 6.03 Å². The molecule has 6 heteroatoms. The van der Waals surface area contributed by atoms with Gasteiger partial charge in [-0.1, -0.05) is 44.2 Å². The molecule has 0 saturated heterocycles. The quantitative estimate of drug-likeness (QED) is 0.710. The molecular formula is C19H25N3O2S. The molecule has 0 aliphatic rings. The van der Waals surface area contributed by atoms with E-state index in [1.807, 2.05) is 17.5 Å². The molecule has 3 N–H and O–H groups in total. The molecule has 25 heavy (non-hydrogen) atoms. The van der Waals surface area contributed by atoms with E-state index in [1.54, 1.807) is 11.3 Å². The first kappa shape index (κ1) is 19.1. The average molecular weight is 359 g/mol. The van der Waals surface area contributed by atoms with E-state index in [4.69, 9.17) is 0 Å². The molecule has 0 fully saturated rings. The van der Waals surface area contributed by atoms with Crippen LogP contribution < -0.4 is 16.0 Å². The van der Waals surface area contributed by atoms with Crippen molar-refractivity contribution in [3.8, 4) is 0 Å². The molecule has 0 radical (unpaired) electrons. The van der Waals surface area contributed by atoms with Crippen LogP contribution in [0.4, 0.5) is 4.79 Å². The van der Waals surface area contributed by atoms with Crippen molar-refractivity contribution in [1.29, 1.82) is 0 Å². The molecule has 2 rings (SSSR count). The van der Waals surface area contributed by atoms with Crippen LogP contribution in [0, 0.1) is 0 Å². The van der Waals surface area contributed by atoms with E-state index in [0.29, 0.717) is 5.92 Å². The second-order valence-electron chi connectivity index (χ2n) is 5.93. The van der Waals surface area contributed by atoms with E-state index in [0.717, 1.165) is 16.9 Å². The van der Waals surface area contributed by atoms with Gasteiger partial charge in [0, 0.05) is 11.9 Å². The summed E-state index contributed by atoms with van der Waals surface area (Å²) in [5, 5.41) is 9.90. The zero-order valence-electron chi connectivity index (χ0n) is 14.8. The van der Waals surface area contributed by atoms with Gasteiger partial charge in [-0.3, -0.25) is 15.4 Å². The Balaban J connectivity index is 2.11. The summed E-state index contributed by atoms with van der Waals surface area (Å²) in [5.41, 5.74) is 2.41. The van der Waals surface area contributed by atoms with Crippen LogP contribution >= 0.6 is 11.3 Å². The number of benzene rings is 1. The number of nitrogens with one attached hydrogen (secondary N) is 3. The van der Waals surface area contributed by atoms with E-state index in [9.17, 15) is 9.59 Å². The summed E-state index contributed by atoms with van der Waals surface area (Å²) >= 11 is 1.64. The number of hydrogen-bond donors (Lipinski definition) is 3.